The van der Waals surface area contributed by atoms with Gasteiger partial charge in [0, 0.05) is 12.1 Å². The van der Waals surface area contributed by atoms with E-state index in [0.29, 0.717) is 0 Å². The number of unbranched alkanes of at least 4 members (excludes halogenated alkanes) is 2. The number of nitrogens with two attached hydrogens (primary N) is 1. The Morgan fingerprint density at radius 2 is 2.11 bits per heavy atom. The first kappa shape index (κ1) is 17.2. The number of nitro benzene ring substituents is 1. The zero-order chi connectivity index (χ0) is 12.8. The molecule has 1 aromatic rings. The van der Waals surface area contributed by atoms with E-state index < -0.39 is 4.92 Å². The number of nitrogens with zero attached hydrogens (tertiary/aromatic N) is 1. The Kier molecular flexibility index (Phi) is 7.91. The molecule has 0 saturated heterocycles. The van der Waals surface area contributed by atoms with Gasteiger partial charge in [-0.3, -0.25) is 10.1 Å². The summed E-state index contributed by atoms with van der Waals surface area (Å²) in [7, 11) is 0. The Balaban J connectivity index is 0.00000289. The van der Waals surface area contributed by atoms with Crippen molar-refractivity contribution in [2.75, 3.05) is 0 Å². The largest absolute Gasteiger partial charge is 0.324 e. The van der Waals surface area contributed by atoms with Crippen molar-refractivity contribution in [2.24, 2.45) is 5.73 Å². The van der Waals surface area contributed by atoms with Crippen LogP contribution in [0.15, 0.2) is 18.2 Å². The Bertz CT molecular complexity index is 400. The first-order chi connectivity index (χ1) is 8.06. The molecule has 0 aromatic heterocycles. The smallest absolute Gasteiger partial charge is 0.288 e. The van der Waals surface area contributed by atoms with E-state index in [4.69, 9.17) is 17.3 Å². The molecule has 0 radical (unpaired) electrons. The normalized spacial score (nSPS) is 11.7. The monoisotopic (exact) mass is 292 g/mol. The van der Waals surface area contributed by atoms with Crippen LogP contribution in [-0.4, -0.2) is 4.92 Å². The van der Waals surface area contributed by atoms with Crippen LogP contribution in [0.5, 0.6) is 0 Å². The first-order valence-electron chi connectivity index (χ1n) is 5.75. The van der Waals surface area contributed by atoms with Gasteiger partial charge in [-0.25, -0.2) is 0 Å². The predicted molar refractivity (Wildman–Crippen MR) is 76.4 cm³/mol. The number of hydrogen-bond donors (Lipinski definition) is 1. The lowest BCUT2D eigenvalue weighted by Crippen LogP contribution is -2.10. The van der Waals surface area contributed by atoms with Crippen LogP contribution >= 0.6 is 24.0 Å². The molecule has 0 bridgehead atoms. The number of halogens is 2. The van der Waals surface area contributed by atoms with Gasteiger partial charge in [0.05, 0.1) is 4.92 Å². The maximum absolute atomic E-state index is 10.7. The van der Waals surface area contributed by atoms with Gasteiger partial charge in [-0.15, -0.1) is 12.4 Å². The lowest BCUT2D eigenvalue weighted by Gasteiger charge is -2.11. The van der Waals surface area contributed by atoms with E-state index in [9.17, 15) is 10.1 Å². The summed E-state index contributed by atoms with van der Waals surface area (Å²) in [5.74, 6) is 0. The summed E-state index contributed by atoms with van der Waals surface area (Å²) >= 11 is 5.74. The van der Waals surface area contributed by atoms with Gasteiger partial charge in [0.1, 0.15) is 5.02 Å². The van der Waals surface area contributed by atoms with E-state index >= 15 is 0 Å². The van der Waals surface area contributed by atoms with Crippen molar-refractivity contribution >= 4 is 29.7 Å². The first-order valence-corrected chi connectivity index (χ1v) is 6.13. The third-order valence-electron chi connectivity index (χ3n) is 2.71. The van der Waals surface area contributed by atoms with Gasteiger partial charge in [-0.05, 0) is 18.1 Å². The Morgan fingerprint density at radius 1 is 1.44 bits per heavy atom. The second-order valence-corrected chi connectivity index (χ2v) is 4.48. The maximum atomic E-state index is 10.7. The highest BCUT2D eigenvalue weighted by molar-refractivity contribution is 6.32. The molecule has 2 N–H and O–H groups in total. The van der Waals surface area contributed by atoms with Crippen LogP contribution in [0.1, 0.15) is 44.2 Å². The molecular weight excluding hydrogens is 275 g/mol. The van der Waals surface area contributed by atoms with Crippen molar-refractivity contribution in [1.29, 1.82) is 0 Å². The highest BCUT2D eigenvalue weighted by Gasteiger charge is 2.15. The molecule has 0 aliphatic carbocycles. The van der Waals surface area contributed by atoms with Gasteiger partial charge >= 0.3 is 0 Å². The molecule has 0 spiro atoms. The Hall–Kier alpha value is -0.840. The number of nitro groups is 1. The molecular formula is C12H18Cl2N2O2. The van der Waals surface area contributed by atoms with Crippen molar-refractivity contribution in [2.45, 2.75) is 38.6 Å². The Morgan fingerprint density at radius 3 is 2.67 bits per heavy atom. The summed E-state index contributed by atoms with van der Waals surface area (Å²) < 4.78 is 0. The summed E-state index contributed by atoms with van der Waals surface area (Å²) in [4.78, 5) is 10.3. The van der Waals surface area contributed by atoms with Crippen molar-refractivity contribution in [3.63, 3.8) is 0 Å². The molecule has 0 unspecified atom stereocenters. The summed E-state index contributed by atoms with van der Waals surface area (Å²) in [6.07, 6.45) is 4.14. The minimum atomic E-state index is -0.482. The number of rotatable bonds is 6. The Labute approximate surface area is 118 Å². The van der Waals surface area contributed by atoms with Crippen molar-refractivity contribution in [1.82, 2.24) is 0 Å². The van der Waals surface area contributed by atoms with Gasteiger partial charge < -0.3 is 5.73 Å². The fourth-order valence-corrected chi connectivity index (χ4v) is 1.87. The molecule has 1 atom stereocenters. The zero-order valence-corrected chi connectivity index (χ0v) is 11.8. The topological polar surface area (TPSA) is 69.2 Å². The quantitative estimate of drug-likeness (QED) is 0.484. The van der Waals surface area contributed by atoms with Gasteiger partial charge in [0.15, 0.2) is 0 Å². The maximum Gasteiger partial charge on any atom is 0.288 e. The van der Waals surface area contributed by atoms with Crippen LogP contribution in [0.2, 0.25) is 5.02 Å². The SMILES string of the molecule is CCCCC[C@H](N)c1ccc(Cl)c([N+](=O)[O-])c1.Cl. The second-order valence-electron chi connectivity index (χ2n) is 4.07. The summed E-state index contributed by atoms with van der Waals surface area (Å²) in [6, 6.07) is 4.61. The molecule has 0 amide bonds. The minimum Gasteiger partial charge on any atom is -0.324 e. The molecule has 0 fully saturated rings. The predicted octanol–water partition coefficient (Wildman–Crippen LogP) is 4.25. The summed E-state index contributed by atoms with van der Waals surface area (Å²) in [6.45, 7) is 2.12. The van der Waals surface area contributed by atoms with Gasteiger partial charge in [-0.1, -0.05) is 43.9 Å². The van der Waals surface area contributed by atoms with E-state index in [1.54, 1.807) is 6.07 Å². The average Bonchev–Trinajstić information content (AvgIpc) is 2.29. The zero-order valence-electron chi connectivity index (χ0n) is 10.3. The fraction of sp³-hybridized carbons (Fsp3) is 0.500. The lowest BCUT2D eigenvalue weighted by molar-refractivity contribution is -0.384. The third kappa shape index (κ3) is 4.80. The summed E-state index contributed by atoms with van der Waals surface area (Å²) in [5, 5.41) is 10.9. The number of hydrogen-bond acceptors (Lipinski definition) is 3. The molecule has 4 nitrogen and oxygen atoms in total. The van der Waals surface area contributed by atoms with Crippen LogP contribution in [0.3, 0.4) is 0 Å². The van der Waals surface area contributed by atoms with E-state index in [2.05, 4.69) is 6.92 Å². The van der Waals surface area contributed by atoms with Crippen LogP contribution in [0.4, 0.5) is 5.69 Å². The van der Waals surface area contributed by atoms with Crippen LogP contribution in [0, 0.1) is 10.1 Å². The highest BCUT2D eigenvalue weighted by Crippen LogP contribution is 2.28. The number of benzene rings is 1. The molecule has 6 heteroatoms. The van der Waals surface area contributed by atoms with E-state index in [1.165, 1.54) is 12.1 Å². The van der Waals surface area contributed by atoms with E-state index in [-0.39, 0.29) is 29.2 Å². The highest BCUT2D eigenvalue weighted by atomic mass is 35.5. The van der Waals surface area contributed by atoms with Crippen molar-refractivity contribution < 1.29 is 4.92 Å². The molecule has 0 heterocycles. The standard InChI is InChI=1S/C12H17ClN2O2.ClH/c1-2-3-4-5-11(14)9-6-7-10(13)12(8-9)15(16)17;/h6-8,11H,2-5,14H2,1H3;1H/t11-;/m0./s1. The van der Waals surface area contributed by atoms with Crippen LogP contribution < -0.4 is 5.73 Å². The van der Waals surface area contributed by atoms with E-state index in [0.717, 1.165) is 31.2 Å². The molecule has 1 rings (SSSR count). The van der Waals surface area contributed by atoms with Crippen LogP contribution in [0.25, 0.3) is 0 Å². The lowest BCUT2D eigenvalue weighted by atomic mass is 10.0. The average molecular weight is 293 g/mol. The molecule has 1 aromatic carbocycles. The van der Waals surface area contributed by atoms with Gasteiger partial charge in [-0.2, -0.15) is 0 Å². The molecule has 0 aliphatic heterocycles. The second kappa shape index (κ2) is 8.29. The van der Waals surface area contributed by atoms with Gasteiger partial charge in [0.25, 0.3) is 5.69 Å². The van der Waals surface area contributed by atoms with Crippen molar-refractivity contribution in [3.05, 3.63) is 38.9 Å². The van der Waals surface area contributed by atoms with Crippen LogP contribution in [-0.2, 0) is 0 Å². The van der Waals surface area contributed by atoms with Gasteiger partial charge in [0.2, 0.25) is 0 Å². The van der Waals surface area contributed by atoms with Crippen molar-refractivity contribution in [3.8, 4) is 0 Å². The molecule has 0 saturated carbocycles. The summed E-state index contributed by atoms with van der Waals surface area (Å²) in [5.41, 5.74) is 6.69. The molecule has 0 aliphatic rings. The van der Waals surface area contributed by atoms with E-state index in [1.807, 2.05) is 0 Å². The molecule has 18 heavy (non-hydrogen) atoms. The fourth-order valence-electron chi connectivity index (χ4n) is 1.68. The third-order valence-corrected chi connectivity index (χ3v) is 3.03. The molecule has 102 valence electrons. The minimum absolute atomic E-state index is 0.